The third-order valence-electron chi connectivity index (χ3n) is 5.62. The number of rotatable bonds is 4. The number of nitrogens with zero attached hydrogens (tertiary/aromatic N) is 4. The van der Waals surface area contributed by atoms with Crippen LogP contribution >= 0.6 is 0 Å². The Morgan fingerprint density at radius 2 is 1.55 bits per heavy atom. The van der Waals surface area contributed by atoms with E-state index in [1.54, 1.807) is 29.2 Å². The van der Waals surface area contributed by atoms with E-state index in [1.807, 2.05) is 4.90 Å². The number of nitro groups is 1. The molecule has 0 saturated carbocycles. The number of benzene rings is 2. The van der Waals surface area contributed by atoms with Gasteiger partial charge in [0.25, 0.3) is 11.6 Å². The molecule has 0 aliphatic carbocycles. The van der Waals surface area contributed by atoms with Crippen molar-refractivity contribution in [1.29, 1.82) is 0 Å². The average Bonchev–Trinajstić information content (AvgIpc) is 3.28. The molecule has 2 saturated heterocycles. The van der Waals surface area contributed by atoms with Gasteiger partial charge in [-0.25, -0.2) is 4.39 Å². The second kappa shape index (κ2) is 8.06. The Balaban J connectivity index is 1.46. The summed E-state index contributed by atoms with van der Waals surface area (Å²) in [6, 6.07) is 11.1. The van der Waals surface area contributed by atoms with E-state index in [2.05, 4.69) is 4.90 Å². The third-order valence-corrected chi connectivity index (χ3v) is 5.62. The molecule has 0 N–H and O–H groups in total. The van der Waals surface area contributed by atoms with Crippen LogP contribution in [-0.2, 0) is 0 Å². The van der Waals surface area contributed by atoms with Gasteiger partial charge >= 0.3 is 0 Å². The fraction of sp³-hybridized carbons (Fsp3) is 0.381. The second-order valence-corrected chi connectivity index (χ2v) is 7.41. The minimum atomic E-state index is -0.406. The summed E-state index contributed by atoms with van der Waals surface area (Å²) in [5, 5.41) is 11.6. The molecule has 2 aliphatic rings. The van der Waals surface area contributed by atoms with Crippen molar-refractivity contribution in [2.75, 3.05) is 49.1 Å². The summed E-state index contributed by atoms with van der Waals surface area (Å²) in [4.78, 5) is 29.9. The van der Waals surface area contributed by atoms with Crippen molar-refractivity contribution in [3.05, 3.63) is 64.0 Å². The molecule has 0 radical (unpaired) electrons. The summed E-state index contributed by atoms with van der Waals surface area (Å²) in [5.74, 6) is -0.471. The van der Waals surface area contributed by atoms with Crippen molar-refractivity contribution >= 4 is 23.0 Å². The van der Waals surface area contributed by atoms with Crippen molar-refractivity contribution in [3.8, 4) is 0 Å². The van der Waals surface area contributed by atoms with Crippen LogP contribution in [0.2, 0.25) is 0 Å². The van der Waals surface area contributed by atoms with Crippen LogP contribution < -0.4 is 9.80 Å². The summed E-state index contributed by atoms with van der Waals surface area (Å²) in [6.45, 7) is 3.89. The predicted octanol–water partition coefficient (Wildman–Crippen LogP) is 3.30. The summed E-state index contributed by atoms with van der Waals surface area (Å²) >= 11 is 0. The Kier molecular flexibility index (Phi) is 5.33. The fourth-order valence-electron chi connectivity index (χ4n) is 4.03. The van der Waals surface area contributed by atoms with Crippen LogP contribution in [0.25, 0.3) is 0 Å². The van der Waals surface area contributed by atoms with Crippen molar-refractivity contribution in [2.45, 2.75) is 12.8 Å². The lowest BCUT2D eigenvalue weighted by atomic mass is 10.1. The lowest BCUT2D eigenvalue weighted by molar-refractivity contribution is -0.384. The molecule has 2 fully saturated rings. The molecule has 0 unspecified atom stereocenters. The summed E-state index contributed by atoms with van der Waals surface area (Å²) in [5.41, 5.74) is 1.84. The lowest BCUT2D eigenvalue weighted by Crippen LogP contribution is -2.48. The maximum absolute atomic E-state index is 13.1. The summed E-state index contributed by atoms with van der Waals surface area (Å²) < 4.78 is 13.1. The van der Waals surface area contributed by atoms with E-state index in [-0.39, 0.29) is 17.4 Å². The quantitative estimate of drug-likeness (QED) is 0.584. The molecule has 2 heterocycles. The fourth-order valence-corrected chi connectivity index (χ4v) is 4.03. The second-order valence-electron chi connectivity index (χ2n) is 7.41. The molecule has 7 nitrogen and oxygen atoms in total. The number of hydrogen-bond donors (Lipinski definition) is 0. The summed E-state index contributed by atoms with van der Waals surface area (Å²) in [7, 11) is 0. The van der Waals surface area contributed by atoms with Crippen molar-refractivity contribution in [1.82, 2.24) is 4.90 Å². The molecule has 0 bridgehead atoms. The maximum Gasteiger partial charge on any atom is 0.293 e. The molecular formula is C21H23FN4O3. The Hall–Kier alpha value is -3.16. The van der Waals surface area contributed by atoms with Crippen molar-refractivity contribution < 1.29 is 14.1 Å². The van der Waals surface area contributed by atoms with Gasteiger partial charge in [0.05, 0.1) is 4.92 Å². The third kappa shape index (κ3) is 4.01. The van der Waals surface area contributed by atoms with E-state index in [0.29, 0.717) is 37.4 Å². The maximum atomic E-state index is 13.1. The number of hydrogen-bond acceptors (Lipinski definition) is 5. The number of nitro benzene ring substituents is 1. The number of piperazine rings is 1. The molecular weight excluding hydrogens is 375 g/mol. The first-order valence-corrected chi connectivity index (χ1v) is 9.86. The highest BCUT2D eigenvalue weighted by Crippen LogP contribution is 2.32. The topological polar surface area (TPSA) is 69.9 Å². The number of anilines is 2. The minimum absolute atomic E-state index is 0.0114. The smallest absolute Gasteiger partial charge is 0.293 e. The molecule has 1 amide bonds. The van der Waals surface area contributed by atoms with E-state index in [4.69, 9.17) is 0 Å². The van der Waals surface area contributed by atoms with E-state index >= 15 is 0 Å². The minimum Gasteiger partial charge on any atom is -0.368 e. The molecule has 2 aromatic rings. The zero-order valence-electron chi connectivity index (χ0n) is 16.1. The van der Waals surface area contributed by atoms with Crippen molar-refractivity contribution in [2.24, 2.45) is 0 Å². The Bertz CT molecular complexity index is 905. The zero-order valence-corrected chi connectivity index (χ0v) is 16.1. The standard InChI is InChI=1S/C21H23FN4O3/c22-17-4-6-18(7-5-17)23-11-13-25(14-12-23)21(27)16-3-8-19(20(15-16)26(28)29)24-9-1-2-10-24/h3-8,15H,1-2,9-14H2. The number of amides is 1. The first kappa shape index (κ1) is 19.2. The highest BCUT2D eigenvalue weighted by molar-refractivity contribution is 5.96. The van der Waals surface area contributed by atoms with Gasteiger partial charge in [0.15, 0.2) is 0 Å². The molecule has 0 atom stereocenters. The van der Waals surface area contributed by atoms with Gasteiger partial charge in [-0.3, -0.25) is 14.9 Å². The molecule has 0 spiro atoms. The normalized spacial score (nSPS) is 16.9. The van der Waals surface area contributed by atoms with E-state index in [0.717, 1.165) is 31.6 Å². The number of carbonyl (C=O) groups excluding carboxylic acids is 1. The van der Waals surface area contributed by atoms with Crippen LogP contribution in [0.3, 0.4) is 0 Å². The predicted molar refractivity (Wildman–Crippen MR) is 109 cm³/mol. The van der Waals surface area contributed by atoms with Gasteiger partial charge in [0.1, 0.15) is 11.5 Å². The van der Waals surface area contributed by atoms with Crippen LogP contribution in [0.5, 0.6) is 0 Å². The zero-order chi connectivity index (χ0) is 20.4. The highest BCUT2D eigenvalue weighted by atomic mass is 19.1. The Labute approximate surface area is 168 Å². The monoisotopic (exact) mass is 398 g/mol. The van der Waals surface area contributed by atoms with Gasteiger partial charge in [-0.2, -0.15) is 0 Å². The van der Waals surface area contributed by atoms with Crippen LogP contribution in [0.4, 0.5) is 21.5 Å². The van der Waals surface area contributed by atoms with E-state index in [1.165, 1.54) is 18.2 Å². The molecule has 29 heavy (non-hydrogen) atoms. The van der Waals surface area contributed by atoms with Gasteiger partial charge in [0.2, 0.25) is 0 Å². The molecule has 0 aromatic heterocycles. The Morgan fingerprint density at radius 1 is 0.897 bits per heavy atom. The first-order valence-electron chi connectivity index (χ1n) is 9.86. The highest BCUT2D eigenvalue weighted by Gasteiger charge is 2.27. The molecule has 2 aromatic carbocycles. The SMILES string of the molecule is O=C(c1ccc(N2CCCC2)c([N+](=O)[O-])c1)N1CCN(c2ccc(F)cc2)CC1. The number of halogens is 1. The van der Waals surface area contributed by atoms with Crippen LogP contribution in [0.1, 0.15) is 23.2 Å². The van der Waals surface area contributed by atoms with Gasteiger partial charge < -0.3 is 14.7 Å². The van der Waals surface area contributed by atoms with Crippen LogP contribution in [-0.4, -0.2) is 55.0 Å². The van der Waals surface area contributed by atoms with Gasteiger partial charge in [-0.05, 0) is 49.2 Å². The molecule has 8 heteroatoms. The van der Waals surface area contributed by atoms with E-state index < -0.39 is 4.92 Å². The van der Waals surface area contributed by atoms with Gasteiger partial charge in [-0.15, -0.1) is 0 Å². The Morgan fingerprint density at radius 3 is 2.17 bits per heavy atom. The van der Waals surface area contributed by atoms with Gasteiger partial charge in [0, 0.05) is 56.6 Å². The molecule has 152 valence electrons. The lowest BCUT2D eigenvalue weighted by Gasteiger charge is -2.36. The first-order chi connectivity index (χ1) is 14.0. The number of carbonyl (C=O) groups is 1. The molecule has 4 rings (SSSR count). The summed E-state index contributed by atoms with van der Waals surface area (Å²) in [6.07, 6.45) is 2.05. The van der Waals surface area contributed by atoms with Crippen LogP contribution in [0, 0.1) is 15.9 Å². The van der Waals surface area contributed by atoms with Crippen molar-refractivity contribution in [3.63, 3.8) is 0 Å². The van der Waals surface area contributed by atoms with Crippen LogP contribution in [0.15, 0.2) is 42.5 Å². The van der Waals surface area contributed by atoms with Gasteiger partial charge in [-0.1, -0.05) is 0 Å². The largest absolute Gasteiger partial charge is 0.368 e. The molecule has 2 aliphatic heterocycles. The van der Waals surface area contributed by atoms with E-state index in [9.17, 15) is 19.3 Å². The average molecular weight is 398 g/mol.